The summed E-state index contributed by atoms with van der Waals surface area (Å²) in [5, 5.41) is 11.3. The standard InChI is InChI=1S/C21H23N3O3/c1-15-8-11-22(12-9-15)20-7-6-17(24(26)27)14-18(20)21(25)23-13-10-16-4-2-3-5-19(16)23/h2-7,14-15H,8-13H2,1H3. The second-order valence-corrected chi connectivity index (χ2v) is 7.46. The van der Waals surface area contributed by atoms with E-state index in [1.165, 1.54) is 12.1 Å². The van der Waals surface area contributed by atoms with Crippen LogP contribution in [0.15, 0.2) is 42.5 Å². The van der Waals surface area contributed by atoms with Crippen molar-refractivity contribution >= 4 is 23.0 Å². The maximum atomic E-state index is 13.4. The van der Waals surface area contributed by atoms with E-state index >= 15 is 0 Å². The van der Waals surface area contributed by atoms with Crippen LogP contribution in [0, 0.1) is 16.0 Å². The number of hydrogen-bond acceptors (Lipinski definition) is 4. The Labute approximate surface area is 158 Å². The van der Waals surface area contributed by atoms with Crippen LogP contribution >= 0.6 is 0 Å². The molecule has 0 N–H and O–H groups in total. The summed E-state index contributed by atoms with van der Waals surface area (Å²) in [6.45, 7) is 4.59. The number of nitro benzene ring substituents is 1. The van der Waals surface area contributed by atoms with Gasteiger partial charge in [0.2, 0.25) is 0 Å². The van der Waals surface area contributed by atoms with Gasteiger partial charge >= 0.3 is 0 Å². The largest absolute Gasteiger partial charge is 0.371 e. The minimum atomic E-state index is -0.434. The molecule has 2 aliphatic heterocycles. The third-order valence-corrected chi connectivity index (χ3v) is 5.68. The fourth-order valence-electron chi connectivity index (χ4n) is 4.03. The summed E-state index contributed by atoms with van der Waals surface area (Å²) in [4.78, 5) is 28.2. The summed E-state index contributed by atoms with van der Waals surface area (Å²) in [6, 6.07) is 12.6. The molecule has 27 heavy (non-hydrogen) atoms. The Morgan fingerprint density at radius 3 is 2.56 bits per heavy atom. The summed E-state index contributed by atoms with van der Waals surface area (Å²) < 4.78 is 0. The van der Waals surface area contributed by atoms with Gasteiger partial charge in [0.15, 0.2) is 0 Å². The highest BCUT2D eigenvalue weighted by Gasteiger charge is 2.30. The molecule has 2 aromatic carbocycles. The van der Waals surface area contributed by atoms with Gasteiger partial charge in [0, 0.05) is 37.5 Å². The molecule has 1 fully saturated rings. The number of nitrogens with zero attached hydrogens (tertiary/aromatic N) is 3. The third kappa shape index (κ3) is 3.27. The second-order valence-electron chi connectivity index (χ2n) is 7.46. The minimum Gasteiger partial charge on any atom is -0.371 e. The van der Waals surface area contributed by atoms with Crippen molar-refractivity contribution in [1.82, 2.24) is 0 Å². The van der Waals surface area contributed by atoms with Crippen LogP contribution in [0.4, 0.5) is 17.1 Å². The molecule has 2 aromatic rings. The number of carbonyl (C=O) groups excluding carboxylic acids is 1. The van der Waals surface area contributed by atoms with Crippen molar-refractivity contribution < 1.29 is 9.72 Å². The smallest absolute Gasteiger partial charge is 0.270 e. The average Bonchev–Trinajstić information content (AvgIpc) is 3.12. The number of carbonyl (C=O) groups is 1. The summed E-state index contributed by atoms with van der Waals surface area (Å²) in [5.41, 5.74) is 3.24. The number of non-ortho nitro benzene ring substituents is 1. The Bertz CT molecular complexity index is 888. The second kappa shape index (κ2) is 7.02. The number of amides is 1. The molecule has 0 aromatic heterocycles. The van der Waals surface area contributed by atoms with Gasteiger partial charge in [-0.25, -0.2) is 0 Å². The lowest BCUT2D eigenvalue weighted by atomic mass is 9.97. The molecule has 0 atom stereocenters. The van der Waals surface area contributed by atoms with E-state index in [1.807, 2.05) is 24.3 Å². The Morgan fingerprint density at radius 2 is 1.81 bits per heavy atom. The highest BCUT2D eigenvalue weighted by atomic mass is 16.6. The summed E-state index contributed by atoms with van der Waals surface area (Å²) in [6.07, 6.45) is 2.95. The van der Waals surface area contributed by atoms with Crippen LogP contribution in [0.2, 0.25) is 0 Å². The highest BCUT2D eigenvalue weighted by molar-refractivity contribution is 6.11. The van der Waals surface area contributed by atoms with Gasteiger partial charge in [0.25, 0.3) is 11.6 Å². The number of hydrogen-bond donors (Lipinski definition) is 0. The predicted molar refractivity (Wildman–Crippen MR) is 106 cm³/mol. The van der Waals surface area contributed by atoms with Crippen molar-refractivity contribution in [3.8, 4) is 0 Å². The lowest BCUT2D eigenvalue weighted by molar-refractivity contribution is -0.384. The van der Waals surface area contributed by atoms with Crippen molar-refractivity contribution in [3.63, 3.8) is 0 Å². The molecule has 6 heteroatoms. The molecule has 1 amide bonds. The SMILES string of the molecule is CC1CCN(c2ccc([N+](=O)[O-])cc2C(=O)N2CCc3ccccc32)CC1. The fourth-order valence-corrected chi connectivity index (χ4v) is 4.03. The fraction of sp³-hybridized carbons (Fsp3) is 0.381. The first-order valence-corrected chi connectivity index (χ1v) is 9.48. The highest BCUT2D eigenvalue weighted by Crippen LogP contribution is 2.34. The van der Waals surface area contributed by atoms with Gasteiger partial charge in [-0.3, -0.25) is 14.9 Å². The van der Waals surface area contributed by atoms with Crippen molar-refractivity contribution in [2.45, 2.75) is 26.2 Å². The maximum Gasteiger partial charge on any atom is 0.270 e. The summed E-state index contributed by atoms with van der Waals surface area (Å²) >= 11 is 0. The number of anilines is 2. The average molecular weight is 365 g/mol. The molecule has 0 aliphatic carbocycles. The lowest BCUT2D eigenvalue weighted by Crippen LogP contribution is -2.36. The molecule has 0 bridgehead atoms. The summed E-state index contributed by atoms with van der Waals surface area (Å²) in [5.74, 6) is 0.515. The first kappa shape index (κ1) is 17.5. The predicted octanol–water partition coefficient (Wildman–Crippen LogP) is 4.03. The van der Waals surface area contributed by atoms with Crippen LogP contribution in [0.3, 0.4) is 0 Å². The molecular formula is C21H23N3O3. The molecule has 0 spiro atoms. The van der Waals surface area contributed by atoms with Crippen molar-refractivity contribution in [1.29, 1.82) is 0 Å². The number of para-hydroxylation sites is 1. The number of benzene rings is 2. The normalized spacial score (nSPS) is 17.1. The molecule has 140 valence electrons. The molecule has 4 rings (SSSR count). The zero-order chi connectivity index (χ0) is 19.0. The monoisotopic (exact) mass is 365 g/mol. The maximum absolute atomic E-state index is 13.4. The molecule has 0 saturated carbocycles. The van der Waals surface area contributed by atoms with Crippen LogP contribution < -0.4 is 9.80 Å². The van der Waals surface area contributed by atoms with Crippen molar-refractivity contribution in [2.24, 2.45) is 5.92 Å². The minimum absolute atomic E-state index is 0.0417. The van der Waals surface area contributed by atoms with E-state index in [2.05, 4.69) is 11.8 Å². The van der Waals surface area contributed by atoms with E-state index in [4.69, 9.17) is 0 Å². The van der Waals surface area contributed by atoms with E-state index in [0.29, 0.717) is 18.0 Å². The van der Waals surface area contributed by atoms with Gasteiger partial charge in [-0.05, 0) is 42.9 Å². The molecule has 6 nitrogen and oxygen atoms in total. The van der Waals surface area contributed by atoms with E-state index in [0.717, 1.165) is 49.3 Å². The van der Waals surface area contributed by atoms with E-state index in [1.54, 1.807) is 11.0 Å². The van der Waals surface area contributed by atoms with Crippen LogP contribution in [0.5, 0.6) is 0 Å². The number of fused-ring (bicyclic) bond motifs is 1. The third-order valence-electron chi connectivity index (χ3n) is 5.68. The van der Waals surface area contributed by atoms with E-state index in [-0.39, 0.29) is 11.6 Å². The van der Waals surface area contributed by atoms with Crippen molar-refractivity contribution in [3.05, 3.63) is 63.7 Å². The number of rotatable bonds is 3. The first-order chi connectivity index (χ1) is 13.0. The molecular weight excluding hydrogens is 342 g/mol. The Hall–Kier alpha value is -2.89. The van der Waals surface area contributed by atoms with Gasteiger partial charge in [0.1, 0.15) is 0 Å². The first-order valence-electron chi connectivity index (χ1n) is 9.48. The van der Waals surface area contributed by atoms with Crippen LogP contribution in [-0.2, 0) is 6.42 Å². The number of nitro groups is 1. The topological polar surface area (TPSA) is 66.7 Å². The zero-order valence-electron chi connectivity index (χ0n) is 15.4. The van der Waals surface area contributed by atoms with Gasteiger partial charge in [-0.1, -0.05) is 25.1 Å². The van der Waals surface area contributed by atoms with Gasteiger partial charge in [0.05, 0.1) is 16.2 Å². The number of piperidine rings is 1. The lowest BCUT2D eigenvalue weighted by Gasteiger charge is -2.33. The molecule has 0 radical (unpaired) electrons. The molecule has 2 aliphatic rings. The van der Waals surface area contributed by atoms with Gasteiger partial charge in [-0.2, -0.15) is 0 Å². The molecule has 2 heterocycles. The molecule has 1 saturated heterocycles. The van der Waals surface area contributed by atoms with E-state index < -0.39 is 4.92 Å². The zero-order valence-corrected chi connectivity index (χ0v) is 15.4. The van der Waals surface area contributed by atoms with Crippen LogP contribution in [-0.4, -0.2) is 30.5 Å². The van der Waals surface area contributed by atoms with Crippen molar-refractivity contribution in [2.75, 3.05) is 29.4 Å². The van der Waals surface area contributed by atoms with Gasteiger partial charge < -0.3 is 9.80 Å². The van der Waals surface area contributed by atoms with Crippen LogP contribution in [0.1, 0.15) is 35.7 Å². The van der Waals surface area contributed by atoms with Gasteiger partial charge in [-0.15, -0.1) is 0 Å². The Kier molecular flexibility index (Phi) is 4.56. The summed E-state index contributed by atoms with van der Waals surface area (Å²) in [7, 11) is 0. The quantitative estimate of drug-likeness (QED) is 0.608. The van der Waals surface area contributed by atoms with E-state index in [9.17, 15) is 14.9 Å². The Balaban J connectivity index is 1.72. The molecule has 0 unspecified atom stereocenters. The Morgan fingerprint density at radius 1 is 1.07 bits per heavy atom. The van der Waals surface area contributed by atoms with Crippen LogP contribution in [0.25, 0.3) is 0 Å².